The lowest BCUT2D eigenvalue weighted by atomic mass is 9.74. The Morgan fingerprint density at radius 3 is 2.65 bits per heavy atom. The summed E-state index contributed by atoms with van der Waals surface area (Å²) in [6.07, 6.45) is 1.95. The molecule has 0 bridgehead atoms. The summed E-state index contributed by atoms with van der Waals surface area (Å²) in [5.74, 6) is 2.46. The van der Waals surface area contributed by atoms with Crippen LogP contribution in [0.5, 0.6) is 11.5 Å². The fraction of sp³-hybridized carbons (Fsp3) is 0.562. The second-order valence-electron chi connectivity index (χ2n) is 5.64. The Morgan fingerprint density at radius 1 is 1.22 bits per heavy atom. The Kier molecular flexibility index (Phi) is 6.34. The zero-order valence-electron chi connectivity index (χ0n) is 13.6. The summed E-state index contributed by atoms with van der Waals surface area (Å²) in [7, 11) is 3.64. The Hall–Kier alpha value is -1.22. The number of rotatable bonds is 3. The normalized spacial score (nSPS) is 19.0. The van der Waals surface area contributed by atoms with Gasteiger partial charge in [-0.2, -0.15) is 0 Å². The van der Waals surface area contributed by atoms with E-state index in [0.29, 0.717) is 6.79 Å². The molecular weight excluding hydrogens is 409 g/mol. The monoisotopic (exact) mass is 433 g/mol. The Bertz CT molecular complexity index is 560. The number of guanidine groups is 1. The van der Waals surface area contributed by atoms with Gasteiger partial charge in [0.2, 0.25) is 6.79 Å². The van der Waals surface area contributed by atoms with Gasteiger partial charge in [0.05, 0.1) is 0 Å². The van der Waals surface area contributed by atoms with Crippen LogP contribution >= 0.6 is 24.0 Å². The van der Waals surface area contributed by atoms with Crippen molar-refractivity contribution in [3.05, 3.63) is 23.8 Å². The first-order chi connectivity index (χ1) is 10.8. The van der Waals surface area contributed by atoms with Gasteiger partial charge in [0.25, 0.3) is 0 Å². The molecule has 128 valence electrons. The lowest BCUT2D eigenvalue weighted by Gasteiger charge is -2.38. The summed E-state index contributed by atoms with van der Waals surface area (Å²) in [5.41, 5.74) is 1.28. The Morgan fingerprint density at radius 2 is 1.96 bits per heavy atom. The number of hydrogen-bond donors (Lipinski definition) is 2. The van der Waals surface area contributed by atoms with Gasteiger partial charge in [-0.05, 0) is 30.5 Å². The van der Waals surface area contributed by atoms with Crippen molar-refractivity contribution in [3.63, 3.8) is 0 Å². The molecule has 0 saturated carbocycles. The molecule has 7 heteroatoms. The van der Waals surface area contributed by atoms with Crippen molar-refractivity contribution in [1.82, 2.24) is 10.6 Å². The van der Waals surface area contributed by atoms with Crippen LogP contribution in [0.4, 0.5) is 0 Å². The van der Waals surface area contributed by atoms with Gasteiger partial charge >= 0.3 is 0 Å². The summed E-state index contributed by atoms with van der Waals surface area (Å²) in [6, 6.07) is 6.25. The highest BCUT2D eigenvalue weighted by Crippen LogP contribution is 2.40. The maximum absolute atomic E-state index is 5.57. The van der Waals surface area contributed by atoms with Crippen LogP contribution in [-0.2, 0) is 10.2 Å². The maximum atomic E-state index is 5.57. The van der Waals surface area contributed by atoms with Crippen molar-refractivity contribution >= 4 is 29.9 Å². The second-order valence-corrected chi connectivity index (χ2v) is 5.64. The highest BCUT2D eigenvalue weighted by atomic mass is 127. The largest absolute Gasteiger partial charge is 0.454 e. The number of aliphatic imine (C=N–C) groups is 1. The van der Waals surface area contributed by atoms with Crippen LogP contribution in [0.3, 0.4) is 0 Å². The van der Waals surface area contributed by atoms with Gasteiger partial charge in [0.15, 0.2) is 17.5 Å². The first kappa shape index (κ1) is 18.1. The molecule has 0 amide bonds. The van der Waals surface area contributed by atoms with Crippen LogP contribution in [0, 0.1) is 0 Å². The molecule has 0 atom stereocenters. The first-order valence-corrected chi connectivity index (χ1v) is 7.64. The van der Waals surface area contributed by atoms with Crippen molar-refractivity contribution < 1.29 is 14.2 Å². The molecule has 1 saturated heterocycles. The van der Waals surface area contributed by atoms with Gasteiger partial charge in [0, 0.05) is 39.3 Å². The average Bonchev–Trinajstić information content (AvgIpc) is 3.04. The molecule has 0 aliphatic carbocycles. The average molecular weight is 433 g/mol. The van der Waals surface area contributed by atoms with E-state index < -0.39 is 0 Å². The molecule has 1 aromatic rings. The second kappa shape index (κ2) is 8.05. The molecular formula is C16H24IN3O3. The van der Waals surface area contributed by atoms with Crippen LogP contribution in [0.1, 0.15) is 18.4 Å². The van der Waals surface area contributed by atoms with E-state index >= 15 is 0 Å². The van der Waals surface area contributed by atoms with E-state index in [4.69, 9.17) is 14.2 Å². The van der Waals surface area contributed by atoms with E-state index in [0.717, 1.165) is 50.1 Å². The minimum absolute atomic E-state index is 0. The zero-order valence-corrected chi connectivity index (χ0v) is 15.9. The molecule has 1 aromatic carbocycles. The molecule has 6 nitrogen and oxygen atoms in total. The number of ether oxygens (including phenoxy) is 3. The molecule has 2 N–H and O–H groups in total. The molecule has 1 fully saturated rings. The highest BCUT2D eigenvalue weighted by molar-refractivity contribution is 14.0. The smallest absolute Gasteiger partial charge is 0.231 e. The quantitative estimate of drug-likeness (QED) is 0.433. The van der Waals surface area contributed by atoms with Gasteiger partial charge in [-0.15, -0.1) is 24.0 Å². The van der Waals surface area contributed by atoms with Gasteiger partial charge in [0.1, 0.15) is 0 Å². The lowest BCUT2D eigenvalue weighted by molar-refractivity contribution is 0.0513. The summed E-state index contributed by atoms with van der Waals surface area (Å²) in [4.78, 5) is 4.19. The molecule has 2 aliphatic heterocycles. The van der Waals surface area contributed by atoms with E-state index in [2.05, 4.69) is 27.8 Å². The number of nitrogens with zero attached hydrogens (tertiary/aromatic N) is 1. The molecule has 0 radical (unpaired) electrons. The van der Waals surface area contributed by atoms with Crippen molar-refractivity contribution in [3.8, 4) is 11.5 Å². The number of halogens is 1. The molecule has 23 heavy (non-hydrogen) atoms. The van der Waals surface area contributed by atoms with Gasteiger partial charge in [-0.25, -0.2) is 0 Å². The van der Waals surface area contributed by atoms with E-state index in [-0.39, 0.29) is 29.4 Å². The van der Waals surface area contributed by atoms with E-state index in [1.54, 1.807) is 7.05 Å². The topological polar surface area (TPSA) is 64.1 Å². The third-order valence-electron chi connectivity index (χ3n) is 4.49. The van der Waals surface area contributed by atoms with Crippen LogP contribution in [0.15, 0.2) is 23.2 Å². The molecule has 2 aliphatic rings. The van der Waals surface area contributed by atoms with E-state index in [1.165, 1.54) is 5.56 Å². The summed E-state index contributed by atoms with van der Waals surface area (Å²) in [6.45, 7) is 2.66. The van der Waals surface area contributed by atoms with Crippen molar-refractivity contribution in [2.24, 2.45) is 4.99 Å². The third kappa shape index (κ3) is 3.82. The zero-order chi connectivity index (χ0) is 15.4. The van der Waals surface area contributed by atoms with Crippen LogP contribution in [-0.4, -0.2) is 46.6 Å². The minimum atomic E-state index is 0. The Labute approximate surface area is 154 Å². The van der Waals surface area contributed by atoms with Crippen molar-refractivity contribution in [2.75, 3.05) is 40.6 Å². The van der Waals surface area contributed by atoms with Gasteiger partial charge in [-0.1, -0.05) is 6.07 Å². The minimum Gasteiger partial charge on any atom is -0.454 e. The van der Waals surface area contributed by atoms with Crippen molar-refractivity contribution in [2.45, 2.75) is 18.3 Å². The third-order valence-corrected chi connectivity index (χ3v) is 4.49. The molecule has 3 rings (SSSR count). The SMILES string of the molecule is CN=C(NC)NCC1(c2ccc3c(c2)OCO3)CCOCC1.I. The fourth-order valence-corrected chi connectivity index (χ4v) is 3.09. The molecule has 0 unspecified atom stereocenters. The standard InChI is InChI=1S/C16H23N3O3.HI/c1-17-15(18-2)19-10-16(5-7-20-8-6-16)12-3-4-13-14(9-12)22-11-21-13;/h3-4,9H,5-8,10-11H2,1-2H3,(H2,17,18,19);1H. The predicted molar refractivity (Wildman–Crippen MR) is 100 cm³/mol. The lowest BCUT2D eigenvalue weighted by Crippen LogP contribution is -2.47. The predicted octanol–water partition coefficient (Wildman–Crippen LogP) is 1.88. The molecule has 2 heterocycles. The van der Waals surface area contributed by atoms with Gasteiger partial charge < -0.3 is 24.8 Å². The fourth-order valence-electron chi connectivity index (χ4n) is 3.09. The first-order valence-electron chi connectivity index (χ1n) is 7.64. The van der Waals surface area contributed by atoms with Crippen molar-refractivity contribution in [1.29, 1.82) is 0 Å². The summed E-state index contributed by atoms with van der Waals surface area (Å²) in [5, 5.41) is 6.47. The number of fused-ring (bicyclic) bond motifs is 1. The summed E-state index contributed by atoms with van der Waals surface area (Å²) < 4.78 is 16.5. The van der Waals surface area contributed by atoms with E-state index in [1.807, 2.05) is 13.1 Å². The molecule has 0 aromatic heterocycles. The highest BCUT2D eigenvalue weighted by Gasteiger charge is 2.35. The summed E-state index contributed by atoms with van der Waals surface area (Å²) >= 11 is 0. The maximum Gasteiger partial charge on any atom is 0.231 e. The van der Waals surface area contributed by atoms with E-state index in [9.17, 15) is 0 Å². The van der Waals surface area contributed by atoms with Crippen LogP contribution in [0.2, 0.25) is 0 Å². The number of hydrogen-bond acceptors (Lipinski definition) is 4. The van der Waals surface area contributed by atoms with Crippen LogP contribution < -0.4 is 20.1 Å². The van der Waals surface area contributed by atoms with Gasteiger partial charge in [-0.3, -0.25) is 4.99 Å². The number of nitrogens with one attached hydrogen (secondary N) is 2. The van der Waals surface area contributed by atoms with Crippen LogP contribution in [0.25, 0.3) is 0 Å². The Balaban J connectivity index is 0.00000192. The number of benzene rings is 1. The molecule has 0 spiro atoms.